The van der Waals surface area contributed by atoms with Crippen LogP contribution in [0.3, 0.4) is 0 Å². The minimum absolute atomic E-state index is 0.144. The third kappa shape index (κ3) is 4.27. The molecule has 0 radical (unpaired) electrons. The van der Waals surface area contributed by atoms with E-state index in [0.717, 1.165) is 16.6 Å². The fourth-order valence-electron chi connectivity index (χ4n) is 2.88. The predicted molar refractivity (Wildman–Crippen MR) is 85.2 cm³/mol. The van der Waals surface area contributed by atoms with Crippen molar-refractivity contribution in [1.82, 2.24) is 10.2 Å². The molecule has 1 aromatic carbocycles. The first-order valence-electron chi connectivity index (χ1n) is 7.46. The van der Waals surface area contributed by atoms with Crippen LogP contribution in [0, 0.1) is 11.7 Å². The topological polar surface area (TPSA) is 15.3 Å². The molecule has 1 unspecified atom stereocenters. The van der Waals surface area contributed by atoms with Crippen LogP contribution in [0.5, 0.6) is 0 Å². The normalized spacial score (nSPS) is 17.9. The fraction of sp³-hybridized carbons (Fsp3) is 0.625. The van der Waals surface area contributed by atoms with E-state index in [1.807, 2.05) is 12.1 Å². The van der Waals surface area contributed by atoms with Crippen molar-refractivity contribution in [2.24, 2.45) is 5.92 Å². The maximum absolute atomic E-state index is 13.8. The van der Waals surface area contributed by atoms with Gasteiger partial charge in [0.15, 0.2) is 0 Å². The number of benzene rings is 1. The maximum Gasteiger partial charge on any atom is 0.128 e. The lowest BCUT2D eigenvalue weighted by Gasteiger charge is -2.31. The second kappa shape index (κ2) is 7.53. The van der Waals surface area contributed by atoms with Crippen LogP contribution in [0.1, 0.15) is 32.3 Å². The van der Waals surface area contributed by atoms with Crippen molar-refractivity contribution in [3.05, 3.63) is 34.1 Å². The zero-order valence-corrected chi connectivity index (χ0v) is 13.9. The zero-order chi connectivity index (χ0) is 14.5. The van der Waals surface area contributed by atoms with Gasteiger partial charge in [0.2, 0.25) is 0 Å². The molecule has 1 atom stereocenters. The lowest BCUT2D eigenvalue weighted by molar-refractivity contribution is 0.186. The third-order valence-corrected chi connectivity index (χ3v) is 4.56. The summed E-state index contributed by atoms with van der Waals surface area (Å²) in [7, 11) is 0. The van der Waals surface area contributed by atoms with E-state index < -0.39 is 0 Å². The minimum atomic E-state index is -0.144. The number of nitrogens with zero attached hydrogens (tertiary/aromatic N) is 1. The molecule has 1 aliphatic heterocycles. The Bertz CT molecular complexity index is 430. The van der Waals surface area contributed by atoms with E-state index in [4.69, 9.17) is 0 Å². The number of hydrogen-bond acceptors (Lipinski definition) is 2. The molecule has 112 valence electrons. The highest BCUT2D eigenvalue weighted by Gasteiger charge is 2.24. The van der Waals surface area contributed by atoms with Crippen LogP contribution in [0.4, 0.5) is 4.39 Å². The Hall–Kier alpha value is -0.450. The SMILES string of the molecule is CC(C)C(CNCc1ccc(Br)cc1F)N1CCCC1. The Morgan fingerprint density at radius 2 is 2.00 bits per heavy atom. The first-order chi connectivity index (χ1) is 9.58. The Morgan fingerprint density at radius 3 is 2.60 bits per heavy atom. The van der Waals surface area contributed by atoms with Crippen LogP contribution in [-0.4, -0.2) is 30.6 Å². The van der Waals surface area contributed by atoms with Crippen LogP contribution < -0.4 is 5.32 Å². The Labute approximate surface area is 129 Å². The molecule has 1 aromatic rings. The van der Waals surface area contributed by atoms with E-state index in [2.05, 4.69) is 40.0 Å². The number of hydrogen-bond donors (Lipinski definition) is 1. The molecule has 0 spiro atoms. The molecule has 1 aliphatic rings. The Kier molecular flexibility index (Phi) is 6.00. The van der Waals surface area contributed by atoms with Gasteiger partial charge in [0.1, 0.15) is 5.82 Å². The summed E-state index contributed by atoms with van der Waals surface area (Å²) in [6, 6.07) is 5.81. The van der Waals surface area contributed by atoms with Crippen molar-refractivity contribution >= 4 is 15.9 Å². The van der Waals surface area contributed by atoms with Gasteiger partial charge in [-0.05, 0) is 44.0 Å². The molecule has 1 N–H and O–H groups in total. The van der Waals surface area contributed by atoms with E-state index in [1.54, 1.807) is 0 Å². The van der Waals surface area contributed by atoms with E-state index in [1.165, 1.54) is 32.0 Å². The van der Waals surface area contributed by atoms with E-state index >= 15 is 0 Å². The predicted octanol–water partition coefficient (Wildman–Crippen LogP) is 3.80. The largest absolute Gasteiger partial charge is 0.311 e. The summed E-state index contributed by atoms with van der Waals surface area (Å²) in [5, 5.41) is 3.42. The molecule has 4 heteroatoms. The van der Waals surface area contributed by atoms with Crippen LogP contribution in [-0.2, 0) is 6.54 Å². The summed E-state index contributed by atoms with van der Waals surface area (Å²) in [6.07, 6.45) is 2.62. The zero-order valence-electron chi connectivity index (χ0n) is 12.3. The van der Waals surface area contributed by atoms with Crippen molar-refractivity contribution in [2.75, 3.05) is 19.6 Å². The molecule has 2 nitrogen and oxygen atoms in total. The van der Waals surface area contributed by atoms with Gasteiger partial charge in [-0.2, -0.15) is 0 Å². The summed E-state index contributed by atoms with van der Waals surface area (Å²) in [6.45, 7) is 8.47. The molecule has 1 fully saturated rings. The van der Waals surface area contributed by atoms with Gasteiger partial charge < -0.3 is 5.32 Å². The summed E-state index contributed by atoms with van der Waals surface area (Å²) in [5.74, 6) is 0.476. The number of nitrogens with one attached hydrogen (secondary N) is 1. The van der Waals surface area contributed by atoms with Gasteiger partial charge in [-0.1, -0.05) is 35.8 Å². The van der Waals surface area contributed by atoms with Crippen LogP contribution in [0.2, 0.25) is 0 Å². The molecule has 0 bridgehead atoms. The highest BCUT2D eigenvalue weighted by Crippen LogP contribution is 2.18. The molecule has 1 heterocycles. The van der Waals surface area contributed by atoms with Crippen molar-refractivity contribution in [2.45, 2.75) is 39.3 Å². The van der Waals surface area contributed by atoms with E-state index in [0.29, 0.717) is 18.5 Å². The van der Waals surface area contributed by atoms with Crippen molar-refractivity contribution in [3.63, 3.8) is 0 Å². The lowest BCUT2D eigenvalue weighted by Crippen LogP contribution is -2.44. The van der Waals surface area contributed by atoms with Gasteiger partial charge in [0.25, 0.3) is 0 Å². The Morgan fingerprint density at radius 1 is 1.30 bits per heavy atom. The molecular formula is C16H24BrFN2. The van der Waals surface area contributed by atoms with Crippen LogP contribution in [0.15, 0.2) is 22.7 Å². The number of rotatable bonds is 6. The van der Waals surface area contributed by atoms with E-state index in [9.17, 15) is 4.39 Å². The van der Waals surface area contributed by atoms with Gasteiger partial charge in [-0.3, -0.25) is 4.90 Å². The average molecular weight is 343 g/mol. The summed E-state index contributed by atoms with van der Waals surface area (Å²) in [4.78, 5) is 2.57. The first-order valence-corrected chi connectivity index (χ1v) is 8.26. The van der Waals surface area contributed by atoms with Crippen LogP contribution >= 0.6 is 15.9 Å². The first kappa shape index (κ1) is 15.9. The maximum atomic E-state index is 13.8. The summed E-state index contributed by atoms with van der Waals surface area (Å²) >= 11 is 3.28. The monoisotopic (exact) mass is 342 g/mol. The molecule has 20 heavy (non-hydrogen) atoms. The van der Waals surface area contributed by atoms with Crippen LogP contribution in [0.25, 0.3) is 0 Å². The molecule has 0 amide bonds. The molecule has 0 aliphatic carbocycles. The highest BCUT2D eigenvalue weighted by molar-refractivity contribution is 9.10. The second-order valence-corrected chi connectivity index (χ2v) is 6.84. The molecular weight excluding hydrogens is 319 g/mol. The van der Waals surface area contributed by atoms with Gasteiger partial charge in [-0.15, -0.1) is 0 Å². The third-order valence-electron chi connectivity index (χ3n) is 4.06. The van der Waals surface area contributed by atoms with Gasteiger partial charge in [0, 0.05) is 29.2 Å². The summed E-state index contributed by atoms with van der Waals surface area (Å²) in [5.41, 5.74) is 0.733. The fourth-order valence-corrected chi connectivity index (χ4v) is 3.21. The van der Waals surface area contributed by atoms with Crippen molar-refractivity contribution in [3.8, 4) is 0 Å². The Balaban J connectivity index is 1.86. The van der Waals surface area contributed by atoms with Crippen molar-refractivity contribution in [1.29, 1.82) is 0 Å². The number of halogens is 2. The lowest BCUT2D eigenvalue weighted by atomic mass is 10.0. The standard InChI is InChI=1S/C16H24BrFN2/c1-12(2)16(20-7-3-4-8-20)11-19-10-13-5-6-14(17)9-15(13)18/h5-6,9,12,16,19H,3-4,7-8,10-11H2,1-2H3. The van der Waals surface area contributed by atoms with Gasteiger partial charge in [-0.25, -0.2) is 4.39 Å². The van der Waals surface area contributed by atoms with Gasteiger partial charge in [0.05, 0.1) is 0 Å². The summed E-state index contributed by atoms with van der Waals surface area (Å²) < 4.78 is 14.5. The second-order valence-electron chi connectivity index (χ2n) is 5.92. The molecule has 2 rings (SSSR count). The smallest absolute Gasteiger partial charge is 0.128 e. The highest BCUT2D eigenvalue weighted by atomic mass is 79.9. The molecule has 1 saturated heterocycles. The minimum Gasteiger partial charge on any atom is -0.311 e. The average Bonchev–Trinajstić information content (AvgIpc) is 2.90. The molecule has 0 saturated carbocycles. The van der Waals surface area contributed by atoms with E-state index in [-0.39, 0.29) is 5.82 Å². The van der Waals surface area contributed by atoms with Crippen molar-refractivity contribution < 1.29 is 4.39 Å². The number of likely N-dealkylation sites (tertiary alicyclic amines) is 1. The molecule has 0 aromatic heterocycles. The van der Waals surface area contributed by atoms with Gasteiger partial charge >= 0.3 is 0 Å². The quantitative estimate of drug-likeness (QED) is 0.845.